The van der Waals surface area contributed by atoms with E-state index in [1.54, 1.807) is 12.1 Å². The molecule has 290 valence electrons. The first-order chi connectivity index (χ1) is 26.6. The molecule has 2 aliphatic heterocycles. The number of benzene rings is 5. The third-order valence-corrected chi connectivity index (χ3v) is 12.0. The maximum absolute atomic E-state index is 12.5. The van der Waals surface area contributed by atoms with E-state index in [0.29, 0.717) is 73.7 Å². The highest BCUT2D eigenvalue weighted by atomic mass is 16.5. The van der Waals surface area contributed by atoms with Crippen molar-refractivity contribution in [3.05, 3.63) is 87.9 Å². The number of aromatic hydroxyl groups is 4. The molecule has 5 aromatic rings. The minimum Gasteiger partial charge on any atom is -0.512 e. The summed E-state index contributed by atoms with van der Waals surface area (Å²) >= 11 is 0. The Balaban J connectivity index is 1.53. The Labute approximate surface area is 325 Å². The number of aliphatic hydroxyl groups excluding tert-OH is 2. The maximum Gasteiger partial charge on any atom is 0.165 e. The molecule has 0 saturated carbocycles. The molecule has 5 unspecified atom stereocenters. The number of nitrogens with one attached hydrogen (secondary N) is 1. The second-order valence-electron chi connectivity index (χ2n) is 15.9. The molecule has 1 aliphatic carbocycles. The summed E-state index contributed by atoms with van der Waals surface area (Å²) in [6.07, 6.45) is 2.52. The van der Waals surface area contributed by atoms with Crippen molar-refractivity contribution in [3.63, 3.8) is 0 Å². The topological polar surface area (TPSA) is 164 Å². The molecule has 0 bridgehead atoms. The number of piperidine rings is 1. The van der Waals surface area contributed by atoms with Crippen LogP contribution in [0.4, 0.5) is 0 Å². The van der Waals surface area contributed by atoms with E-state index < -0.39 is 0 Å². The largest absolute Gasteiger partial charge is 0.512 e. The summed E-state index contributed by atoms with van der Waals surface area (Å²) in [7, 11) is 3.05. The zero-order chi connectivity index (χ0) is 40.1. The predicted octanol–water partition coefficient (Wildman–Crippen LogP) is 9.26. The number of ether oxygens (including phenoxy) is 2. The Hall–Kier alpha value is -5.87. The zero-order valence-corrected chi connectivity index (χ0v) is 32.9. The van der Waals surface area contributed by atoms with Crippen molar-refractivity contribution >= 4 is 32.8 Å². The van der Waals surface area contributed by atoms with E-state index >= 15 is 0 Å². The Morgan fingerprint density at radius 2 is 1.25 bits per heavy atom. The maximum atomic E-state index is 12.5. The van der Waals surface area contributed by atoms with Gasteiger partial charge in [-0.05, 0) is 123 Å². The summed E-state index contributed by atoms with van der Waals surface area (Å²) in [6.45, 7) is 11.8. The number of fused-ring (bicyclic) bond motifs is 4. The van der Waals surface area contributed by atoms with Gasteiger partial charge in [-0.2, -0.15) is 0 Å². The van der Waals surface area contributed by atoms with Gasteiger partial charge in [-0.3, -0.25) is 4.99 Å². The fraction of sp³-hybridized carbons (Fsp3) is 0.326. The number of nitrogens with zero attached hydrogens (tertiary/aromatic N) is 1. The summed E-state index contributed by atoms with van der Waals surface area (Å²) in [6, 6.07) is 12.4. The smallest absolute Gasteiger partial charge is 0.165 e. The minimum atomic E-state index is -0.321. The Bertz CT molecular complexity index is 2600. The first-order valence-electron chi connectivity index (χ1n) is 19.0. The summed E-state index contributed by atoms with van der Waals surface area (Å²) in [5, 5.41) is 76.3. The number of methoxy groups -OCH3 is 2. The van der Waals surface area contributed by atoms with Crippen molar-refractivity contribution in [2.75, 3.05) is 14.2 Å². The van der Waals surface area contributed by atoms with E-state index in [1.165, 1.54) is 26.4 Å². The first-order valence-corrected chi connectivity index (χ1v) is 19.0. The SMILES string of the molecule is COc1cc(C)cc2c(C3=C(O)C=C(O)C4C(C)NC(C)CC34)cc(-c3cc(-c4c(O)c(O)cc5c4CC(C)N=C5C)c4cc(C)cc(OC)c4c3O)c(O)c12. The normalized spacial score (nSPS) is 22.1. The summed E-state index contributed by atoms with van der Waals surface area (Å²) in [4.78, 5) is 4.75. The number of aliphatic imine (C=N–C) groups is 1. The molecule has 7 N–H and O–H groups in total. The molecule has 0 aromatic heterocycles. The van der Waals surface area contributed by atoms with Crippen molar-refractivity contribution in [3.8, 4) is 56.8 Å². The molecule has 56 heavy (non-hydrogen) atoms. The van der Waals surface area contributed by atoms with Crippen LogP contribution in [0.2, 0.25) is 0 Å². The highest BCUT2D eigenvalue weighted by Crippen LogP contribution is 2.56. The highest BCUT2D eigenvalue weighted by molar-refractivity contribution is 6.13. The van der Waals surface area contributed by atoms with Gasteiger partial charge in [0.1, 0.15) is 34.5 Å². The molecule has 3 aliphatic rings. The lowest BCUT2D eigenvalue weighted by Gasteiger charge is -2.43. The Morgan fingerprint density at radius 3 is 1.84 bits per heavy atom. The molecule has 10 nitrogen and oxygen atoms in total. The van der Waals surface area contributed by atoms with Crippen LogP contribution in [-0.4, -0.2) is 68.7 Å². The van der Waals surface area contributed by atoms with Gasteiger partial charge in [0.2, 0.25) is 0 Å². The molecule has 5 aromatic carbocycles. The number of allylic oxidation sites excluding steroid dienone is 2. The van der Waals surface area contributed by atoms with E-state index in [1.807, 2.05) is 58.9 Å². The summed E-state index contributed by atoms with van der Waals surface area (Å²) in [5.74, 6) is -0.764. The Kier molecular flexibility index (Phi) is 8.88. The molecule has 5 atom stereocenters. The number of phenolic OH excluding ortho intramolecular Hbond substituents is 4. The minimum absolute atomic E-state index is 0.0773. The average molecular weight is 757 g/mol. The average Bonchev–Trinajstić information content (AvgIpc) is 3.13. The lowest BCUT2D eigenvalue weighted by atomic mass is 9.68. The number of hydrogen-bond donors (Lipinski definition) is 7. The van der Waals surface area contributed by atoms with Gasteiger partial charge in [0.05, 0.1) is 31.0 Å². The lowest BCUT2D eigenvalue weighted by Crippen LogP contribution is -2.50. The number of rotatable bonds is 5. The van der Waals surface area contributed by atoms with E-state index in [4.69, 9.17) is 14.5 Å². The number of hydrogen-bond acceptors (Lipinski definition) is 10. The number of aryl methyl sites for hydroxylation is 2. The van der Waals surface area contributed by atoms with E-state index in [-0.39, 0.29) is 75.6 Å². The molecule has 0 spiro atoms. The second kappa shape index (κ2) is 13.4. The van der Waals surface area contributed by atoms with E-state index in [9.17, 15) is 30.6 Å². The quantitative estimate of drug-likeness (QED) is 0.0866. The van der Waals surface area contributed by atoms with Gasteiger partial charge in [0.25, 0.3) is 0 Å². The third-order valence-electron chi connectivity index (χ3n) is 12.0. The van der Waals surface area contributed by atoms with Crippen LogP contribution in [-0.2, 0) is 6.42 Å². The van der Waals surface area contributed by atoms with Gasteiger partial charge < -0.3 is 45.4 Å². The first kappa shape index (κ1) is 37.1. The number of aliphatic hydroxyl groups is 2. The zero-order valence-electron chi connectivity index (χ0n) is 32.9. The van der Waals surface area contributed by atoms with Gasteiger partial charge in [0.15, 0.2) is 11.5 Å². The van der Waals surface area contributed by atoms with Crippen molar-refractivity contribution in [2.24, 2.45) is 16.8 Å². The van der Waals surface area contributed by atoms with Gasteiger partial charge in [-0.15, -0.1) is 0 Å². The van der Waals surface area contributed by atoms with Gasteiger partial charge in [-0.25, -0.2) is 0 Å². The molecule has 2 heterocycles. The fourth-order valence-corrected chi connectivity index (χ4v) is 9.79. The molecule has 8 rings (SSSR count). The van der Waals surface area contributed by atoms with Crippen LogP contribution < -0.4 is 14.8 Å². The van der Waals surface area contributed by atoms with Crippen molar-refractivity contribution < 1.29 is 40.1 Å². The molecule has 0 radical (unpaired) electrons. The molecule has 10 heteroatoms. The van der Waals surface area contributed by atoms with E-state index in [2.05, 4.69) is 12.2 Å². The molecule has 1 saturated heterocycles. The van der Waals surface area contributed by atoms with Crippen LogP contribution >= 0.6 is 0 Å². The van der Waals surface area contributed by atoms with Crippen LogP contribution in [0.5, 0.6) is 34.5 Å². The van der Waals surface area contributed by atoms with Crippen LogP contribution in [0.3, 0.4) is 0 Å². The van der Waals surface area contributed by atoms with Crippen LogP contribution in [0.1, 0.15) is 61.9 Å². The molecular weight excluding hydrogens is 709 g/mol. The van der Waals surface area contributed by atoms with Gasteiger partial charge in [-0.1, -0.05) is 12.1 Å². The lowest BCUT2D eigenvalue weighted by molar-refractivity contribution is 0.171. The summed E-state index contributed by atoms with van der Waals surface area (Å²) < 4.78 is 11.8. The second-order valence-corrected chi connectivity index (χ2v) is 15.9. The van der Waals surface area contributed by atoms with Gasteiger partial charge >= 0.3 is 0 Å². The van der Waals surface area contributed by atoms with E-state index in [0.717, 1.165) is 22.4 Å². The predicted molar refractivity (Wildman–Crippen MR) is 221 cm³/mol. The van der Waals surface area contributed by atoms with Crippen molar-refractivity contribution in [1.29, 1.82) is 0 Å². The van der Waals surface area contributed by atoms with Crippen LogP contribution in [0, 0.1) is 25.7 Å². The van der Waals surface area contributed by atoms with Gasteiger partial charge in [0, 0.05) is 63.5 Å². The standard InChI is InChI=1S/C46H48N2O8/c1-19-9-26-29(40-33-14-22(4)48-24(6)39(33)34(49)18-35(40)50)15-31(44(52)42(26)37(11-19)55-7)32-16-30(27-10-20(2)12-38(56-8)43(27)45(32)53)41-28-13-21(3)47-23(5)25(28)17-36(51)46(41)54/h9-12,15-18,21-22,24,33,39,48-54H,13-14H2,1-8H3. The van der Waals surface area contributed by atoms with Crippen LogP contribution in [0.15, 0.2) is 65.1 Å². The highest BCUT2D eigenvalue weighted by Gasteiger charge is 2.43. The monoisotopic (exact) mass is 756 g/mol. The molecule has 1 fully saturated rings. The summed E-state index contributed by atoms with van der Waals surface area (Å²) in [5.41, 5.74) is 6.53. The molecule has 0 amide bonds. The van der Waals surface area contributed by atoms with Crippen molar-refractivity contribution in [1.82, 2.24) is 5.32 Å². The molecular formula is C46H48N2O8. The fourth-order valence-electron chi connectivity index (χ4n) is 9.79. The van der Waals surface area contributed by atoms with Crippen molar-refractivity contribution in [2.45, 2.75) is 72.5 Å². The Morgan fingerprint density at radius 1 is 0.679 bits per heavy atom. The van der Waals surface area contributed by atoms with Crippen LogP contribution in [0.25, 0.3) is 49.4 Å². The number of phenols is 4. The third kappa shape index (κ3) is 5.60.